The standard InChI is InChI=1S/C16H19N5O2/c22-16(21-9-13-2-1-7-23-13)14-10-20-15(11-18-14)19-8-12-3-5-17-6-4-12/h3-6,10-11,13H,1-2,7-9H2,(H,19,20)(H,21,22). The van der Waals surface area contributed by atoms with Gasteiger partial charge in [-0.15, -0.1) is 0 Å². The molecule has 0 radical (unpaired) electrons. The molecule has 1 aliphatic rings. The fraction of sp³-hybridized carbons (Fsp3) is 0.375. The lowest BCUT2D eigenvalue weighted by atomic mass is 10.2. The van der Waals surface area contributed by atoms with E-state index in [1.165, 1.54) is 6.20 Å². The van der Waals surface area contributed by atoms with Gasteiger partial charge in [-0.05, 0) is 30.5 Å². The lowest BCUT2D eigenvalue weighted by molar-refractivity contribution is 0.0853. The molecular weight excluding hydrogens is 294 g/mol. The summed E-state index contributed by atoms with van der Waals surface area (Å²) in [5, 5.41) is 5.98. The maximum absolute atomic E-state index is 12.0. The third-order valence-corrected chi connectivity index (χ3v) is 3.62. The molecule has 1 aliphatic heterocycles. The number of rotatable bonds is 6. The number of carbonyl (C=O) groups excluding carboxylic acids is 1. The van der Waals surface area contributed by atoms with Crippen LogP contribution in [0.15, 0.2) is 36.9 Å². The van der Waals surface area contributed by atoms with Crippen LogP contribution in [-0.4, -0.2) is 40.1 Å². The van der Waals surface area contributed by atoms with Crippen LogP contribution in [0.25, 0.3) is 0 Å². The summed E-state index contributed by atoms with van der Waals surface area (Å²) in [6, 6.07) is 3.85. The highest BCUT2D eigenvalue weighted by atomic mass is 16.5. The SMILES string of the molecule is O=C(NCC1CCCO1)c1cnc(NCc2ccncc2)cn1. The molecule has 0 aliphatic carbocycles. The van der Waals surface area contributed by atoms with Crippen molar-refractivity contribution in [3.8, 4) is 0 Å². The number of aromatic nitrogens is 3. The van der Waals surface area contributed by atoms with Crippen LogP contribution in [0.4, 0.5) is 5.82 Å². The largest absolute Gasteiger partial charge is 0.376 e. The summed E-state index contributed by atoms with van der Waals surface area (Å²) in [5.74, 6) is 0.395. The van der Waals surface area contributed by atoms with Crippen molar-refractivity contribution >= 4 is 11.7 Å². The minimum Gasteiger partial charge on any atom is -0.376 e. The quantitative estimate of drug-likeness (QED) is 0.838. The molecule has 3 heterocycles. The Bertz CT molecular complexity index is 627. The Morgan fingerprint density at radius 1 is 1.26 bits per heavy atom. The highest BCUT2D eigenvalue weighted by molar-refractivity contribution is 5.92. The molecule has 2 N–H and O–H groups in total. The molecule has 1 fully saturated rings. The van der Waals surface area contributed by atoms with E-state index in [4.69, 9.17) is 4.74 Å². The molecule has 7 nitrogen and oxygen atoms in total. The van der Waals surface area contributed by atoms with Gasteiger partial charge >= 0.3 is 0 Å². The molecule has 120 valence electrons. The van der Waals surface area contributed by atoms with Gasteiger partial charge in [-0.1, -0.05) is 0 Å². The van der Waals surface area contributed by atoms with Crippen LogP contribution < -0.4 is 10.6 Å². The molecular formula is C16H19N5O2. The number of carbonyl (C=O) groups is 1. The first-order valence-corrected chi connectivity index (χ1v) is 7.66. The van der Waals surface area contributed by atoms with Gasteiger partial charge in [0.25, 0.3) is 5.91 Å². The molecule has 2 aromatic heterocycles. The summed E-state index contributed by atoms with van der Waals surface area (Å²) < 4.78 is 5.47. The van der Waals surface area contributed by atoms with E-state index >= 15 is 0 Å². The first-order chi connectivity index (χ1) is 11.3. The summed E-state index contributed by atoms with van der Waals surface area (Å²) in [5.41, 5.74) is 1.40. The summed E-state index contributed by atoms with van der Waals surface area (Å²) in [6.07, 6.45) is 8.67. The van der Waals surface area contributed by atoms with Gasteiger partial charge in [0.2, 0.25) is 0 Å². The topological polar surface area (TPSA) is 89.0 Å². The van der Waals surface area contributed by atoms with Crippen molar-refractivity contribution in [2.75, 3.05) is 18.5 Å². The Labute approximate surface area is 134 Å². The highest BCUT2D eigenvalue weighted by Crippen LogP contribution is 2.11. The molecule has 1 atom stereocenters. The Morgan fingerprint density at radius 3 is 2.83 bits per heavy atom. The predicted octanol–water partition coefficient (Wildman–Crippen LogP) is 1.39. The summed E-state index contributed by atoms with van der Waals surface area (Å²) in [6.45, 7) is 1.92. The lowest BCUT2D eigenvalue weighted by Crippen LogP contribution is -2.32. The van der Waals surface area contributed by atoms with Crippen LogP contribution in [0.2, 0.25) is 0 Å². The zero-order valence-electron chi connectivity index (χ0n) is 12.7. The Hall–Kier alpha value is -2.54. The van der Waals surface area contributed by atoms with Crippen LogP contribution in [0.3, 0.4) is 0 Å². The first kappa shape index (κ1) is 15.4. The molecule has 0 bridgehead atoms. The number of hydrogen-bond acceptors (Lipinski definition) is 6. The number of pyridine rings is 1. The first-order valence-electron chi connectivity index (χ1n) is 7.66. The van der Waals surface area contributed by atoms with E-state index in [2.05, 4.69) is 25.6 Å². The monoisotopic (exact) mass is 313 g/mol. The second-order valence-corrected chi connectivity index (χ2v) is 5.34. The van der Waals surface area contributed by atoms with E-state index in [1.807, 2.05) is 12.1 Å². The molecule has 0 spiro atoms. The van der Waals surface area contributed by atoms with Crippen LogP contribution in [0.5, 0.6) is 0 Å². The smallest absolute Gasteiger partial charge is 0.271 e. The summed E-state index contributed by atoms with van der Waals surface area (Å²) in [7, 11) is 0. The van der Waals surface area contributed by atoms with E-state index in [-0.39, 0.29) is 12.0 Å². The van der Waals surface area contributed by atoms with Crippen molar-refractivity contribution in [3.63, 3.8) is 0 Å². The van der Waals surface area contributed by atoms with Gasteiger partial charge in [0.05, 0.1) is 18.5 Å². The van der Waals surface area contributed by atoms with Crippen molar-refractivity contribution in [3.05, 3.63) is 48.2 Å². The molecule has 3 rings (SSSR count). The van der Waals surface area contributed by atoms with Crippen LogP contribution in [0, 0.1) is 0 Å². The average molecular weight is 313 g/mol. The number of anilines is 1. The van der Waals surface area contributed by atoms with Crippen LogP contribution >= 0.6 is 0 Å². The summed E-state index contributed by atoms with van der Waals surface area (Å²) >= 11 is 0. The van der Waals surface area contributed by atoms with E-state index in [0.29, 0.717) is 24.6 Å². The maximum atomic E-state index is 12.0. The zero-order chi connectivity index (χ0) is 15.9. The van der Waals surface area contributed by atoms with E-state index < -0.39 is 0 Å². The molecule has 1 amide bonds. The number of hydrogen-bond donors (Lipinski definition) is 2. The van der Waals surface area contributed by atoms with Crippen molar-refractivity contribution in [2.24, 2.45) is 0 Å². The van der Waals surface area contributed by atoms with Gasteiger partial charge in [0.1, 0.15) is 11.5 Å². The van der Waals surface area contributed by atoms with Crippen molar-refractivity contribution in [1.82, 2.24) is 20.3 Å². The van der Waals surface area contributed by atoms with Gasteiger partial charge in [0.15, 0.2) is 0 Å². The summed E-state index contributed by atoms with van der Waals surface area (Å²) in [4.78, 5) is 24.3. The second-order valence-electron chi connectivity index (χ2n) is 5.34. The predicted molar refractivity (Wildman–Crippen MR) is 84.9 cm³/mol. The molecule has 1 unspecified atom stereocenters. The maximum Gasteiger partial charge on any atom is 0.271 e. The average Bonchev–Trinajstić information content (AvgIpc) is 3.13. The fourth-order valence-electron chi connectivity index (χ4n) is 2.33. The molecule has 0 saturated carbocycles. The van der Waals surface area contributed by atoms with Crippen molar-refractivity contribution in [2.45, 2.75) is 25.5 Å². The van der Waals surface area contributed by atoms with Crippen molar-refractivity contribution < 1.29 is 9.53 Å². The third-order valence-electron chi connectivity index (χ3n) is 3.62. The number of amides is 1. The minimum absolute atomic E-state index is 0.119. The molecule has 23 heavy (non-hydrogen) atoms. The Kier molecular flexibility index (Phi) is 5.10. The van der Waals surface area contributed by atoms with Gasteiger partial charge < -0.3 is 15.4 Å². The van der Waals surface area contributed by atoms with Gasteiger partial charge in [-0.3, -0.25) is 9.78 Å². The molecule has 7 heteroatoms. The third kappa shape index (κ3) is 4.46. The number of ether oxygens (including phenoxy) is 1. The lowest BCUT2D eigenvalue weighted by Gasteiger charge is -2.10. The van der Waals surface area contributed by atoms with Crippen molar-refractivity contribution in [1.29, 1.82) is 0 Å². The van der Waals surface area contributed by atoms with Crippen LogP contribution in [-0.2, 0) is 11.3 Å². The van der Waals surface area contributed by atoms with Gasteiger partial charge in [-0.2, -0.15) is 0 Å². The molecule has 1 saturated heterocycles. The molecule has 0 aromatic carbocycles. The zero-order valence-corrected chi connectivity index (χ0v) is 12.7. The van der Waals surface area contributed by atoms with Gasteiger partial charge in [-0.25, -0.2) is 9.97 Å². The normalized spacial score (nSPS) is 17.0. The number of nitrogens with one attached hydrogen (secondary N) is 2. The van der Waals surface area contributed by atoms with Crippen LogP contribution in [0.1, 0.15) is 28.9 Å². The Morgan fingerprint density at radius 2 is 2.13 bits per heavy atom. The Balaban J connectivity index is 1.49. The van der Waals surface area contributed by atoms with E-state index in [0.717, 1.165) is 25.0 Å². The molecule has 2 aromatic rings. The number of nitrogens with zero attached hydrogens (tertiary/aromatic N) is 3. The fourth-order valence-corrected chi connectivity index (χ4v) is 2.33. The van der Waals surface area contributed by atoms with Gasteiger partial charge in [0, 0.05) is 32.1 Å². The second kappa shape index (κ2) is 7.64. The van der Waals surface area contributed by atoms with E-state index in [1.54, 1.807) is 18.6 Å². The minimum atomic E-state index is -0.228. The van der Waals surface area contributed by atoms with E-state index in [9.17, 15) is 4.79 Å². The highest BCUT2D eigenvalue weighted by Gasteiger charge is 2.17.